The van der Waals surface area contributed by atoms with E-state index >= 15 is 0 Å². The van der Waals surface area contributed by atoms with Crippen molar-refractivity contribution in [3.63, 3.8) is 0 Å². The van der Waals surface area contributed by atoms with Gasteiger partial charge in [-0.2, -0.15) is 0 Å². The molecule has 5 heteroatoms. The number of amides is 2. The summed E-state index contributed by atoms with van der Waals surface area (Å²) in [5.41, 5.74) is 1.95. The van der Waals surface area contributed by atoms with Gasteiger partial charge in [0.25, 0.3) is 5.91 Å². The van der Waals surface area contributed by atoms with Crippen molar-refractivity contribution in [2.75, 3.05) is 18.0 Å². The predicted octanol–water partition coefficient (Wildman–Crippen LogP) is 2.37. The Balaban J connectivity index is 1.93. The minimum Gasteiger partial charge on any atom is -0.459 e. The highest BCUT2D eigenvalue weighted by Gasteiger charge is 2.12. The highest BCUT2D eigenvalue weighted by Crippen LogP contribution is 2.14. The van der Waals surface area contributed by atoms with Gasteiger partial charge in [0.1, 0.15) is 0 Å². The van der Waals surface area contributed by atoms with E-state index in [-0.39, 0.29) is 17.6 Å². The van der Waals surface area contributed by atoms with Crippen LogP contribution in [-0.4, -0.2) is 24.9 Å². The number of anilines is 1. The van der Waals surface area contributed by atoms with Gasteiger partial charge < -0.3 is 14.6 Å². The Morgan fingerprint density at radius 1 is 1.19 bits per heavy atom. The minimum absolute atomic E-state index is 0.0638. The molecule has 0 unspecified atom stereocenters. The molecule has 0 fully saturated rings. The summed E-state index contributed by atoms with van der Waals surface area (Å²) in [7, 11) is 0. The standard InChI is InChI=1S/C16H18N2O3/c1-12-5-7-14(8-6-12)18(13(2)19)10-9-17-16(20)15-4-3-11-21-15/h3-8,11H,9-10H2,1-2H3,(H,17,20). The Bertz CT molecular complexity index is 603. The van der Waals surface area contributed by atoms with Crippen molar-refractivity contribution in [2.24, 2.45) is 0 Å². The van der Waals surface area contributed by atoms with E-state index < -0.39 is 0 Å². The topological polar surface area (TPSA) is 62.6 Å². The summed E-state index contributed by atoms with van der Waals surface area (Å²) < 4.78 is 5.01. The molecule has 2 aromatic rings. The molecule has 0 aliphatic heterocycles. The fraction of sp³-hybridized carbons (Fsp3) is 0.250. The second-order valence-corrected chi connectivity index (χ2v) is 4.74. The number of carbonyl (C=O) groups excluding carboxylic acids is 2. The van der Waals surface area contributed by atoms with E-state index in [0.29, 0.717) is 13.1 Å². The van der Waals surface area contributed by atoms with Crippen LogP contribution in [0, 0.1) is 6.92 Å². The van der Waals surface area contributed by atoms with Crippen LogP contribution in [0.2, 0.25) is 0 Å². The van der Waals surface area contributed by atoms with Crippen LogP contribution < -0.4 is 10.2 Å². The molecule has 1 aromatic carbocycles. The molecule has 0 bridgehead atoms. The Morgan fingerprint density at radius 2 is 1.90 bits per heavy atom. The largest absolute Gasteiger partial charge is 0.459 e. The fourth-order valence-corrected chi connectivity index (χ4v) is 1.97. The smallest absolute Gasteiger partial charge is 0.287 e. The average molecular weight is 286 g/mol. The van der Waals surface area contributed by atoms with E-state index in [1.807, 2.05) is 31.2 Å². The van der Waals surface area contributed by atoms with Crippen LogP contribution in [0.25, 0.3) is 0 Å². The van der Waals surface area contributed by atoms with Crippen LogP contribution in [0.5, 0.6) is 0 Å². The summed E-state index contributed by atoms with van der Waals surface area (Å²) in [6.07, 6.45) is 1.45. The van der Waals surface area contributed by atoms with Crippen molar-refractivity contribution in [1.29, 1.82) is 0 Å². The number of aryl methyl sites for hydroxylation is 1. The molecule has 2 rings (SSSR count). The van der Waals surface area contributed by atoms with Crippen LogP contribution >= 0.6 is 0 Å². The molecule has 5 nitrogen and oxygen atoms in total. The molecular formula is C16H18N2O3. The first kappa shape index (κ1) is 14.8. The van der Waals surface area contributed by atoms with Gasteiger partial charge in [-0.1, -0.05) is 17.7 Å². The molecule has 0 aliphatic carbocycles. The van der Waals surface area contributed by atoms with Gasteiger partial charge in [-0.25, -0.2) is 0 Å². The van der Waals surface area contributed by atoms with Crippen molar-refractivity contribution in [3.05, 3.63) is 54.0 Å². The first-order chi connectivity index (χ1) is 10.1. The highest BCUT2D eigenvalue weighted by molar-refractivity contribution is 5.92. The number of nitrogens with zero attached hydrogens (tertiary/aromatic N) is 1. The molecule has 21 heavy (non-hydrogen) atoms. The Hall–Kier alpha value is -2.56. The first-order valence-corrected chi connectivity index (χ1v) is 6.74. The second-order valence-electron chi connectivity index (χ2n) is 4.74. The lowest BCUT2D eigenvalue weighted by molar-refractivity contribution is -0.116. The van der Waals surface area contributed by atoms with Gasteiger partial charge in [-0.05, 0) is 31.2 Å². The van der Waals surface area contributed by atoms with Crippen molar-refractivity contribution in [3.8, 4) is 0 Å². The van der Waals surface area contributed by atoms with Gasteiger partial charge in [0.05, 0.1) is 6.26 Å². The normalized spacial score (nSPS) is 10.2. The molecule has 1 N–H and O–H groups in total. The van der Waals surface area contributed by atoms with Gasteiger partial charge in [0, 0.05) is 25.7 Å². The lowest BCUT2D eigenvalue weighted by Gasteiger charge is -2.21. The molecule has 2 amide bonds. The van der Waals surface area contributed by atoms with Crippen LogP contribution in [0.4, 0.5) is 5.69 Å². The van der Waals surface area contributed by atoms with Crippen LogP contribution in [0.15, 0.2) is 47.1 Å². The minimum atomic E-state index is -0.285. The molecule has 0 aliphatic rings. The summed E-state index contributed by atoms with van der Waals surface area (Å²) in [5, 5.41) is 2.72. The van der Waals surface area contributed by atoms with Crippen LogP contribution in [0.1, 0.15) is 23.0 Å². The van der Waals surface area contributed by atoms with Crippen LogP contribution in [0.3, 0.4) is 0 Å². The van der Waals surface area contributed by atoms with E-state index in [2.05, 4.69) is 5.32 Å². The molecule has 1 aromatic heterocycles. The number of furan rings is 1. The zero-order valence-electron chi connectivity index (χ0n) is 12.1. The number of carbonyl (C=O) groups is 2. The lowest BCUT2D eigenvalue weighted by atomic mass is 10.2. The molecule has 1 heterocycles. The molecule has 110 valence electrons. The summed E-state index contributed by atoms with van der Waals surface area (Å²) >= 11 is 0. The third kappa shape index (κ3) is 3.95. The molecule has 0 saturated carbocycles. The number of nitrogens with one attached hydrogen (secondary N) is 1. The Labute approximate surface area is 123 Å². The SMILES string of the molecule is CC(=O)N(CCNC(=O)c1ccco1)c1ccc(C)cc1. The van der Waals surface area contributed by atoms with Gasteiger partial charge in [0.15, 0.2) is 5.76 Å². The van der Waals surface area contributed by atoms with Gasteiger partial charge in [0.2, 0.25) is 5.91 Å². The number of rotatable bonds is 5. The predicted molar refractivity (Wildman–Crippen MR) is 80.2 cm³/mol. The maximum atomic E-state index is 11.7. The average Bonchev–Trinajstić information content (AvgIpc) is 2.98. The fourth-order valence-electron chi connectivity index (χ4n) is 1.97. The highest BCUT2D eigenvalue weighted by atomic mass is 16.3. The van der Waals surface area contributed by atoms with Crippen molar-refractivity contribution in [1.82, 2.24) is 5.32 Å². The number of benzene rings is 1. The van der Waals surface area contributed by atoms with E-state index in [1.54, 1.807) is 17.0 Å². The summed E-state index contributed by atoms with van der Waals surface area (Å²) in [4.78, 5) is 25.1. The van der Waals surface area contributed by atoms with E-state index in [9.17, 15) is 9.59 Å². The maximum absolute atomic E-state index is 11.7. The van der Waals surface area contributed by atoms with Crippen LogP contribution in [-0.2, 0) is 4.79 Å². The summed E-state index contributed by atoms with van der Waals surface area (Å²) in [6.45, 7) is 4.26. The molecule has 0 radical (unpaired) electrons. The molecular weight excluding hydrogens is 268 g/mol. The quantitative estimate of drug-likeness (QED) is 0.918. The van der Waals surface area contributed by atoms with Gasteiger partial charge in [-0.15, -0.1) is 0 Å². The Kier molecular flexibility index (Phi) is 4.77. The number of hydrogen-bond acceptors (Lipinski definition) is 3. The summed E-state index contributed by atoms with van der Waals surface area (Å²) in [6, 6.07) is 10.9. The van der Waals surface area contributed by atoms with E-state index in [1.165, 1.54) is 13.2 Å². The number of hydrogen-bond donors (Lipinski definition) is 1. The molecule has 0 saturated heterocycles. The monoisotopic (exact) mass is 286 g/mol. The molecule has 0 spiro atoms. The van der Waals surface area contributed by atoms with Crippen molar-refractivity contribution < 1.29 is 14.0 Å². The molecule has 0 atom stereocenters. The second kappa shape index (κ2) is 6.74. The van der Waals surface area contributed by atoms with Gasteiger partial charge >= 0.3 is 0 Å². The van der Waals surface area contributed by atoms with Gasteiger partial charge in [-0.3, -0.25) is 9.59 Å². The van der Waals surface area contributed by atoms with Crippen molar-refractivity contribution >= 4 is 17.5 Å². The van der Waals surface area contributed by atoms with E-state index in [4.69, 9.17) is 4.42 Å². The zero-order chi connectivity index (χ0) is 15.2. The third-order valence-corrected chi connectivity index (χ3v) is 3.09. The zero-order valence-corrected chi connectivity index (χ0v) is 12.1. The maximum Gasteiger partial charge on any atom is 0.287 e. The van der Waals surface area contributed by atoms with E-state index in [0.717, 1.165) is 11.3 Å². The first-order valence-electron chi connectivity index (χ1n) is 6.74. The lowest BCUT2D eigenvalue weighted by Crippen LogP contribution is -2.37. The Morgan fingerprint density at radius 3 is 2.48 bits per heavy atom. The summed E-state index contributed by atoms with van der Waals surface area (Å²) in [5.74, 6) is -0.0850. The third-order valence-electron chi connectivity index (χ3n) is 3.09. The van der Waals surface area contributed by atoms with Crippen molar-refractivity contribution in [2.45, 2.75) is 13.8 Å².